The first-order valence-electron chi connectivity index (χ1n) is 5.55. The van der Waals surface area contributed by atoms with Crippen molar-refractivity contribution < 1.29 is 13.9 Å². The Morgan fingerprint density at radius 2 is 2.05 bits per heavy atom. The van der Waals surface area contributed by atoms with Crippen LogP contribution in [0.15, 0.2) is 30.6 Å². The van der Waals surface area contributed by atoms with Crippen molar-refractivity contribution in [1.82, 2.24) is 9.97 Å². The molecule has 6 nitrogen and oxygen atoms in total. The van der Waals surface area contributed by atoms with Crippen LogP contribution in [-0.2, 0) is 11.1 Å². The van der Waals surface area contributed by atoms with Crippen LogP contribution in [0.1, 0.15) is 0 Å². The van der Waals surface area contributed by atoms with Crippen LogP contribution in [-0.4, -0.2) is 36.8 Å². The molecule has 0 amide bonds. The van der Waals surface area contributed by atoms with Gasteiger partial charge in [0.05, 0.1) is 5.88 Å². The molecule has 0 radical (unpaired) electrons. The summed E-state index contributed by atoms with van der Waals surface area (Å²) in [5.41, 5.74) is 1.10. The summed E-state index contributed by atoms with van der Waals surface area (Å²) in [6.07, 6.45) is 3.00. The number of hydrogen-bond acceptors (Lipinski definition) is 6. The molecule has 0 fully saturated rings. The Balaban J connectivity index is 2.28. The summed E-state index contributed by atoms with van der Waals surface area (Å²) in [6, 6.07) is 4.66. The molecule has 8 heteroatoms. The van der Waals surface area contributed by atoms with E-state index in [1.165, 1.54) is 23.4 Å². The highest BCUT2D eigenvalue weighted by molar-refractivity contribution is 7.79. The van der Waals surface area contributed by atoms with Gasteiger partial charge >= 0.3 is 0 Å². The largest absolute Gasteiger partial charge is 0.771 e. The zero-order valence-corrected chi connectivity index (χ0v) is 12.1. The fourth-order valence-electron chi connectivity index (χ4n) is 1.61. The highest BCUT2D eigenvalue weighted by Crippen LogP contribution is 2.31. The zero-order chi connectivity index (χ0) is 14.7. The summed E-state index contributed by atoms with van der Waals surface area (Å²) in [6.45, 7) is 0. The Bertz CT molecular complexity index is 636. The molecule has 2 rings (SSSR count). The number of aromatic hydroxyl groups is 1. The van der Waals surface area contributed by atoms with Gasteiger partial charge in [-0.2, -0.15) is 0 Å². The van der Waals surface area contributed by atoms with Crippen LogP contribution in [0.25, 0.3) is 11.1 Å². The van der Waals surface area contributed by atoms with Gasteiger partial charge in [0.1, 0.15) is 5.75 Å². The average Bonchev–Trinajstić information content (AvgIpc) is 2.41. The van der Waals surface area contributed by atoms with Crippen LogP contribution < -0.4 is 4.90 Å². The highest BCUT2D eigenvalue weighted by Gasteiger charge is 2.08. The number of phenols is 1. The maximum atomic E-state index is 10.6. The van der Waals surface area contributed by atoms with Crippen LogP contribution >= 0.6 is 11.6 Å². The number of phenolic OH excluding ortho intramolecular Hbond substituents is 1. The number of nitrogens with zero attached hydrogens (tertiary/aromatic N) is 3. The van der Waals surface area contributed by atoms with E-state index in [2.05, 4.69) is 9.97 Å². The molecule has 0 bridgehead atoms. The SMILES string of the molecule is CN(CS(=O)[O-])c1ncc(-c2cc(Cl)ccc2O)cn1. The number of rotatable bonds is 4. The Hall–Kier alpha value is -1.70. The predicted molar refractivity (Wildman–Crippen MR) is 76.3 cm³/mol. The van der Waals surface area contributed by atoms with Crippen molar-refractivity contribution in [2.24, 2.45) is 0 Å². The lowest BCUT2D eigenvalue weighted by molar-refractivity contribution is 0.477. The van der Waals surface area contributed by atoms with Crippen molar-refractivity contribution in [2.75, 3.05) is 17.8 Å². The standard InChI is InChI=1S/C12H12ClN3O3S/c1-16(7-20(18)19)12-14-5-8(6-15-12)10-4-9(13)2-3-11(10)17/h2-6,17H,7H2,1H3,(H,18,19)/p-1. The van der Waals surface area contributed by atoms with Crippen molar-refractivity contribution in [2.45, 2.75) is 0 Å². The minimum atomic E-state index is -2.21. The van der Waals surface area contributed by atoms with Crippen molar-refractivity contribution in [3.63, 3.8) is 0 Å². The van der Waals surface area contributed by atoms with Crippen molar-refractivity contribution >= 4 is 28.6 Å². The highest BCUT2D eigenvalue weighted by atomic mass is 35.5. The molecular weight excluding hydrogens is 302 g/mol. The Morgan fingerprint density at radius 1 is 1.40 bits per heavy atom. The molecule has 1 atom stereocenters. The summed E-state index contributed by atoms with van der Waals surface area (Å²) in [7, 11) is 1.57. The lowest BCUT2D eigenvalue weighted by atomic mass is 10.1. The van der Waals surface area contributed by atoms with Gasteiger partial charge in [0.15, 0.2) is 0 Å². The fourth-order valence-corrected chi connectivity index (χ4v) is 2.22. The number of hydrogen-bond donors (Lipinski definition) is 1. The molecular formula is C12H11ClN3O3S-. The second-order valence-electron chi connectivity index (χ2n) is 4.06. The fraction of sp³-hybridized carbons (Fsp3) is 0.167. The number of benzene rings is 1. The Morgan fingerprint density at radius 3 is 2.65 bits per heavy atom. The van der Waals surface area contributed by atoms with Gasteiger partial charge < -0.3 is 14.6 Å². The zero-order valence-electron chi connectivity index (χ0n) is 10.5. The number of halogens is 1. The third-order valence-corrected chi connectivity index (χ3v) is 3.38. The molecule has 0 aliphatic rings. The van der Waals surface area contributed by atoms with Crippen LogP contribution in [0, 0.1) is 0 Å². The first-order valence-corrected chi connectivity index (χ1v) is 7.17. The van der Waals surface area contributed by atoms with E-state index >= 15 is 0 Å². The second-order valence-corrected chi connectivity index (χ2v) is 5.37. The molecule has 1 N–H and O–H groups in total. The molecule has 0 aliphatic carbocycles. The topological polar surface area (TPSA) is 89.4 Å². The lowest BCUT2D eigenvalue weighted by Gasteiger charge is -2.18. The quantitative estimate of drug-likeness (QED) is 0.865. The first kappa shape index (κ1) is 14.7. The van der Waals surface area contributed by atoms with Gasteiger partial charge in [-0.15, -0.1) is 0 Å². The third kappa shape index (κ3) is 3.44. The van der Waals surface area contributed by atoms with Gasteiger partial charge in [0.2, 0.25) is 5.95 Å². The molecule has 0 saturated heterocycles. The number of aromatic nitrogens is 2. The van der Waals surface area contributed by atoms with E-state index in [4.69, 9.17) is 11.6 Å². The molecule has 1 heterocycles. The predicted octanol–water partition coefficient (Wildman–Crippen LogP) is 1.78. The maximum Gasteiger partial charge on any atom is 0.225 e. The van der Waals surface area contributed by atoms with Crippen molar-refractivity contribution in [1.29, 1.82) is 0 Å². The van der Waals surface area contributed by atoms with E-state index in [0.29, 0.717) is 16.1 Å². The smallest absolute Gasteiger partial charge is 0.225 e. The van der Waals surface area contributed by atoms with Crippen LogP contribution in [0.4, 0.5) is 5.95 Å². The lowest BCUT2D eigenvalue weighted by Crippen LogP contribution is -2.23. The monoisotopic (exact) mass is 312 g/mol. The van der Waals surface area contributed by atoms with Gasteiger partial charge in [-0.25, -0.2) is 9.97 Å². The summed E-state index contributed by atoms with van der Waals surface area (Å²) >= 11 is 3.67. The third-order valence-electron chi connectivity index (χ3n) is 2.55. The van der Waals surface area contributed by atoms with Crippen molar-refractivity contribution in [3.8, 4) is 16.9 Å². The summed E-state index contributed by atoms with van der Waals surface area (Å²) in [5, 5.41) is 10.3. The minimum absolute atomic E-state index is 0.0692. The van der Waals surface area contributed by atoms with E-state index in [9.17, 15) is 13.9 Å². The first-order chi connectivity index (χ1) is 9.47. The Kier molecular flexibility index (Phi) is 4.53. The van der Waals surface area contributed by atoms with E-state index < -0.39 is 11.1 Å². The molecule has 106 valence electrons. The van der Waals surface area contributed by atoms with E-state index in [1.54, 1.807) is 19.2 Å². The van der Waals surface area contributed by atoms with Gasteiger partial charge in [-0.05, 0) is 29.3 Å². The molecule has 1 unspecified atom stereocenters. The van der Waals surface area contributed by atoms with E-state index in [-0.39, 0.29) is 17.6 Å². The van der Waals surface area contributed by atoms with E-state index in [0.717, 1.165) is 0 Å². The van der Waals surface area contributed by atoms with Gasteiger partial charge in [-0.1, -0.05) is 11.6 Å². The van der Waals surface area contributed by atoms with Gasteiger partial charge in [0, 0.05) is 35.6 Å². The molecule has 2 aromatic rings. The molecule has 0 aliphatic heterocycles. The molecule has 1 aromatic carbocycles. The molecule has 0 spiro atoms. The second kappa shape index (κ2) is 6.17. The summed E-state index contributed by atoms with van der Waals surface area (Å²) < 4.78 is 21.2. The molecule has 1 aromatic heterocycles. The minimum Gasteiger partial charge on any atom is -0.771 e. The van der Waals surface area contributed by atoms with Crippen LogP contribution in [0.3, 0.4) is 0 Å². The van der Waals surface area contributed by atoms with Gasteiger partial charge in [0.25, 0.3) is 0 Å². The molecule has 0 saturated carbocycles. The Labute approximate surface area is 123 Å². The summed E-state index contributed by atoms with van der Waals surface area (Å²) in [4.78, 5) is 9.53. The normalized spacial score (nSPS) is 12.2. The van der Waals surface area contributed by atoms with Crippen molar-refractivity contribution in [3.05, 3.63) is 35.6 Å². The summed E-state index contributed by atoms with van der Waals surface area (Å²) in [5.74, 6) is 0.154. The van der Waals surface area contributed by atoms with Crippen LogP contribution in [0.2, 0.25) is 5.02 Å². The molecule has 20 heavy (non-hydrogen) atoms. The number of anilines is 1. The maximum absolute atomic E-state index is 10.6. The van der Waals surface area contributed by atoms with Crippen LogP contribution in [0.5, 0.6) is 5.75 Å². The average molecular weight is 313 g/mol. The van der Waals surface area contributed by atoms with Gasteiger partial charge in [-0.3, -0.25) is 4.21 Å². The van der Waals surface area contributed by atoms with E-state index in [1.807, 2.05) is 0 Å².